The minimum Gasteiger partial charge on any atom is -0.362 e. The molecule has 0 amide bonds. The molecule has 0 bridgehead atoms. The fraction of sp³-hybridized carbons (Fsp3) is 0.750. The second-order valence-corrected chi connectivity index (χ2v) is 5.26. The van der Waals surface area contributed by atoms with E-state index in [1.165, 1.54) is 0 Å². The predicted molar refractivity (Wildman–Crippen MR) is 49.3 cm³/mol. The molecule has 1 rings (SSSR count). The van der Waals surface area contributed by atoms with Gasteiger partial charge in [0.2, 0.25) is 0 Å². The van der Waals surface area contributed by atoms with Gasteiger partial charge in [0.1, 0.15) is 6.35 Å². The zero-order valence-corrected chi connectivity index (χ0v) is 8.54. The van der Waals surface area contributed by atoms with Crippen LogP contribution in [0.15, 0.2) is 12.7 Å². The van der Waals surface area contributed by atoms with Crippen molar-refractivity contribution in [2.24, 2.45) is 5.92 Å². The molecule has 1 aliphatic carbocycles. The van der Waals surface area contributed by atoms with Crippen molar-refractivity contribution in [2.45, 2.75) is 25.4 Å². The summed E-state index contributed by atoms with van der Waals surface area (Å²) in [6, 6.07) is 0. The van der Waals surface area contributed by atoms with Crippen LogP contribution in [0, 0.1) is 5.92 Å². The maximum atomic E-state index is 10.5. The minimum absolute atomic E-state index is 0.338. The quantitative estimate of drug-likeness (QED) is 0.528. The first-order chi connectivity index (χ1) is 5.87. The molecule has 0 radical (unpaired) electrons. The monoisotopic (exact) mass is 206 g/mol. The Balaban J connectivity index is 2.31. The Morgan fingerprint density at radius 2 is 2.38 bits per heavy atom. The molecule has 76 valence electrons. The highest BCUT2D eigenvalue weighted by molar-refractivity contribution is 7.51. The maximum Gasteiger partial charge on any atom is 0.351 e. The summed E-state index contributed by atoms with van der Waals surface area (Å²) in [5, 5.41) is 0. The van der Waals surface area contributed by atoms with Crippen molar-refractivity contribution in [3.63, 3.8) is 0 Å². The lowest BCUT2D eigenvalue weighted by Crippen LogP contribution is -2.13. The van der Waals surface area contributed by atoms with Gasteiger partial charge in [0.25, 0.3) is 0 Å². The molecule has 0 spiro atoms. The molecule has 0 aliphatic heterocycles. The standard InChI is InChI=1S/C8H15O4P/c1-3-4-7-5-8(7,2)12-6-13(9,10)11/h3,7H,1,4-6H2,2H3,(H2,9,10,11). The van der Waals surface area contributed by atoms with E-state index in [9.17, 15) is 4.57 Å². The number of rotatable bonds is 5. The third-order valence-electron chi connectivity index (χ3n) is 2.37. The van der Waals surface area contributed by atoms with Gasteiger partial charge in [-0.05, 0) is 25.7 Å². The van der Waals surface area contributed by atoms with Crippen LogP contribution in [-0.2, 0) is 9.30 Å². The second kappa shape index (κ2) is 3.54. The molecule has 13 heavy (non-hydrogen) atoms. The highest BCUT2D eigenvalue weighted by Gasteiger charge is 2.51. The number of ether oxygens (including phenoxy) is 1. The molecule has 4 nitrogen and oxygen atoms in total. The largest absolute Gasteiger partial charge is 0.362 e. The lowest BCUT2D eigenvalue weighted by molar-refractivity contribution is 0.0558. The summed E-state index contributed by atoms with van der Waals surface area (Å²) in [6.07, 6.45) is 3.03. The van der Waals surface area contributed by atoms with Gasteiger partial charge < -0.3 is 14.5 Å². The van der Waals surface area contributed by atoms with Gasteiger partial charge in [-0.2, -0.15) is 0 Å². The Morgan fingerprint density at radius 1 is 1.77 bits per heavy atom. The van der Waals surface area contributed by atoms with E-state index in [0.29, 0.717) is 5.92 Å². The van der Waals surface area contributed by atoms with Gasteiger partial charge in [-0.25, -0.2) is 0 Å². The van der Waals surface area contributed by atoms with Crippen LogP contribution >= 0.6 is 7.60 Å². The highest BCUT2D eigenvalue weighted by atomic mass is 31.2. The van der Waals surface area contributed by atoms with Crippen molar-refractivity contribution < 1.29 is 19.1 Å². The minimum atomic E-state index is -4.02. The molecule has 2 atom stereocenters. The molecule has 2 unspecified atom stereocenters. The summed E-state index contributed by atoms with van der Waals surface area (Å²) in [6.45, 7) is 5.48. The molecule has 0 aromatic rings. The van der Waals surface area contributed by atoms with Crippen LogP contribution in [0.3, 0.4) is 0 Å². The molecule has 1 aliphatic rings. The Morgan fingerprint density at radius 3 is 2.85 bits per heavy atom. The first-order valence-corrected chi connectivity index (χ1v) is 5.96. The fourth-order valence-corrected chi connectivity index (χ4v) is 1.84. The highest BCUT2D eigenvalue weighted by Crippen LogP contribution is 2.51. The lowest BCUT2D eigenvalue weighted by atomic mass is 10.2. The summed E-state index contributed by atoms with van der Waals surface area (Å²) in [5.74, 6) is 0.372. The molecule has 0 aromatic heterocycles. The van der Waals surface area contributed by atoms with E-state index < -0.39 is 13.9 Å². The van der Waals surface area contributed by atoms with Gasteiger partial charge in [-0.15, -0.1) is 6.58 Å². The van der Waals surface area contributed by atoms with E-state index in [1.807, 2.05) is 6.92 Å². The van der Waals surface area contributed by atoms with Crippen LogP contribution < -0.4 is 0 Å². The summed E-state index contributed by atoms with van der Waals surface area (Å²) in [5.41, 5.74) is -0.338. The zero-order valence-electron chi connectivity index (χ0n) is 7.64. The van der Waals surface area contributed by atoms with E-state index in [4.69, 9.17) is 14.5 Å². The van der Waals surface area contributed by atoms with Crippen molar-refractivity contribution in [1.82, 2.24) is 0 Å². The first kappa shape index (κ1) is 10.9. The Hall–Kier alpha value is -0.150. The van der Waals surface area contributed by atoms with Crippen LogP contribution in [-0.4, -0.2) is 21.7 Å². The van der Waals surface area contributed by atoms with E-state index in [0.717, 1.165) is 12.8 Å². The molecular weight excluding hydrogens is 191 g/mol. The van der Waals surface area contributed by atoms with E-state index >= 15 is 0 Å². The third kappa shape index (κ3) is 3.24. The average molecular weight is 206 g/mol. The lowest BCUT2D eigenvalue weighted by Gasteiger charge is -2.13. The predicted octanol–water partition coefficient (Wildman–Crippen LogP) is 1.49. The van der Waals surface area contributed by atoms with Crippen LogP contribution in [0.4, 0.5) is 0 Å². The normalized spacial score (nSPS) is 33.0. The van der Waals surface area contributed by atoms with Crippen molar-refractivity contribution in [1.29, 1.82) is 0 Å². The molecule has 0 saturated heterocycles. The first-order valence-electron chi connectivity index (χ1n) is 4.17. The number of hydrogen-bond donors (Lipinski definition) is 2. The van der Waals surface area contributed by atoms with Crippen molar-refractivity contribution in [3.8, 4) is 0 Å². The molecule has 0 heterocycles. The smallest absolute Gasteiger partial charge is 0.351 e. The van der Waals surface area contributed by atoms with Gasteiger partial charge in [0, 0.05) is 0 Å². The Kier molecular flexibility index (Phi) is 2.98. The van der Waals surface area contributed by atoms with Crippen molar-refractivity contribution >= 4 is 7.60 Å². The summed E-state index contributed by atoms with van der Waals surface area (Å²) in [4.78, 5) is 17.2. The van der Waals surface area contributed by atoms with Crippen molar-refractivity contribution in [2.75, 3.05) is 6.35 Å². The van der Waals surface area contributed by atoms with Crippen molar-refractivity contribution in [3.05, 3.63) is 12.7 Å². The fourth-order valence-electron chi connectivity index (χ4n) is 1.37. The van der Waals surface area contributed by atoms with Gasteiger partial charge in [0.05, 0.1) is 5.60 Å². The molecule has 5 heteroatoms. The average Bonchev–Trinajstić information content (AvgIpc) is 2.59. The summed E-state index contributed by atoms with van der Waals surface area (Å²) in [7, 11) is -4.02. The third-order valence-corrected chi connectivity index (χ3v) is 2.83. The van der Waals surface area contributed by atoms with Gasteiger partial charge in [-0.3, -0.25) is 4.57 Å². The molecule has 0 aromatic carbocycles. The molecule has 2 N–H and O–H groups in total. The van der Waals surface area contributed by atoms with Crippen LogP contribution in [0.2, 0.25) is 0 Å². The van der Waals surface area contributed by atoms with Gasteiger partial charge in [0.15, 0.2) is 0 Å². The maximum absolute atomic E-state index is 10.5. The van der Waals surface area contributed by atoms with E-state index in [2.05, 4.69) is 6.58 Å². The SMILES string of the molecule is C=CCC1CC1(C)OCP(=O)(O)O. The van der Waals surface area contributed by atoms with Crippen LogP contribution in [0.5, 0.6) is 0 Å². The zero-order chi connectivity index (χ0) is 10.1. The number of allylic oxidation sites excluding steroid dienone is 1. The van der Waals surface area contributed by atoms with Gasteiger partial charge >= 0.3 is 7.60 Å². The summed E-state index contributed by atoms with van der Waals surface area (Å²) < 4.78 is 15.7. The van der Waals surface area contributed by atoms with Crippen LogP contribution in [0.1, 0.15) is 19.8 Å². The Bertz CT molecular complexity index is 247. The summed E-state index contributed by atoms with van der Waals surface area (Å²) >= 11 is 0. The van der Waals surface area contributed by atoms with E-state index in [-0.39, 0.29) is 5.60 Å². The Labute approximate surface area is 77.8 Å². The van der Waals surface area contributed by atoms with Crippen LogP contribution in [0.25, 0.3) is 0 Å². The molecule has 1 fully saturated rings. The molecule has 1 saturated carbocycles. The topological polar surface area (TPSA) is 66.8 Å². The second-order valence-electron chi connectivity index (χ2n) is 3.68. The van der Waals surface area contributed by atoms with Gasteiger partial charge in [-0.1, -0.05) is 6.08 Å². The molecular formula is C8H15O4P. The number of hydrogen-bond acceptors (Lipinski definition) is 2. The van der Waals surface area contributed by atoms with E-state index in [1.54, 1.807) is 6.08 Å².